The van der Waals surface area contributed by atoms with Crippen molar-refractivity contribution in [3.05, 3.63) is 20.8 Å². The molecular formula is C12H15IN4S. The highest BCUT2D eigenvalue weighted by atomic mass is 127. The third-order valence-electron chi connectivity index (χ3n) is 2.39. The lowest BCUT2D eigenvalue weighted by Crippen LogP contribution is -2.08. The Bertz CT molecular complexity index is 525. The first-order valence-electron chi connectivity index (χ1n) is 5.84. The first-order valence-corrected chi connectivity index (χ1v) is 7.80. The Balaban J connectivity index is 2.55. The molecule has 96 valence electrons. The molecule has 4 nitrogen and oxygen atoms in total. The molecule has 0 spiro atoms. The van der Waals surface area contributed by atoms with Crippen LogP contribution in [-0.4, -0.2) is 21.5 Å². The third-order valence-corrected chi connectivity index (χ3v) is 4.22. The maximum Gasteiger partial charge on any atom is 0.191 e. The molecule has 2 aromatic heterocycles. The van der Waals surface area contributed by atoms with Crippen LogP contribution in [0.2, 0.25) is 0 Å². The van der Waals surface area contributed by atoms with E-state index in [1.54, 1.807) is 17.5 Å². The molecule has 0 aliphatic rings. The molecule has 2 heterocycles. The van der Waals surface area contributed by atoms with E-state index in [1.807, 2.05) is 5.38 Å². The van der Waals surface area contributed by atoms with E-state index in [9.17, 15) is 0 Å². The zero-order valence-electron chi connectivity index (χ0n) is 10.6. The molecule has 2 rings (SSSR count). The largest absolute Gasteiger partial charge is 0.369 e. The molecule has 1 N–H and O–H groups in total. The Kier molecular flexibility index (Phi) is 4.50. The standard InChI is InChI=1S/C12H15IN4S/c1-4-14-10-8(13)9(7(2)3)16-11(17-10)12-15-5-6-18-12/h5-7H,4H2,1-3H3,(H,14,16,17). The van der Waals surface area contributed by atoms with Crippen LogP contribution in [0.4, 0.5) is 5.82 Å². The van der Waals surface area contributed by atoms with Crippen molar-refractivity contribution in [1.29, 1.82) is 0 Å². The monoisotopic (exact) mass is 374 g/mol. The van der Waals surface area contributed by atoms with E-state index >= 15 is 0 Å². The maximum absolute atomic E-state index is 4.65. The van der Waals surface area contributed by atoms with Crippen molar-refractivity contribution in [1.82, 2.24) is 15.0 Å². The molecule has 0 aliphatic heterocycles. The summed E-state index contributed by atoms with van der Waals surface area (Å²) in [6.07, 6.45) is 1.78. The van der Waals surface area contributed by atoms with E-state index in [4.69, 9.17) is 0 Å². The Morgan fingerprint density at radius 3 is 2.72 bits per heavy atom. The van der Waals surface area contributed by atoms with Crippen LogP contribution in [0.3, 0.4) is 0 Å². The first-order chi connectivity index (χ1) is 8.63. The van der Waals surface area contributed by atoms with Gasteiger partial charge < -0.3 is 5.32 Å². The number of hydrogen-bond donors (Lipinski definition) is 1. The number of rotatable bonds is 4. The highest BCUT2D eigenvalue weighted by Crippen LogP contribution is 2.28. The van der Waals surface area contributed by atoms with E-state index in [1.165, 1.54) is 0 Å². The van der Waals surface area contributed by atoms with Crippen LogP contribution >= 0.6 is 33.9 Å². The second-order valence-corrected chi connectivity index (χ2v) is 6.09. The van der Waals surface area contributed by atoms with Crippen LogP contribution in [0, 0.1) is 3.57 Å². The van der Waals surface area contributed by atoms with Crippen LogP contribution in [0.25, 0.3) is 10.8 Å². The fourth-order valence-corrected chi connectivity index (χ4v) is 3.18. The van der Waals surface area contributed by atoms with Gasteiger partial charge in [-0.3, -0.25) is 0 Å². The minimum absolute atomic E-state index is 0.371. The molecule has 0 bridgehead atoms. The number of nitrogens with one attached hydrogen (secondary N) is 1. The molecule has 0 radical (unpaired) electrons. The lowest BCUT2D eigenvalue weighted by atomic mass is 10.1. The SMILES string of the molecule is CCNc1nc(-c2nccs2)nc(C(C)C)c1I. The van der Waals surface area contributed by atoms with Gasteiger partial charge in [0.05, 0.1) is 9.26 Å². The van der Waals surface area contributed by atoms with E-state index in [2.05, 4.69) is 63.6 Å². The smallest absolute Gasteiger partial charge is 0.191 e. The maximum atomic E-state index is 4.65. The van der Waals surface area contributed by atoms with Crippen molar-refractivity contribution >= 4 is 39.7 Å². The summed E-state index contributed by atoms with van der Waals surface area (Å²) >= 11 is 3.87. The molecule has 2 aromatic rings. The summed E-state index contributed by atoms with van der Waals surface area (Å²) in [6, 6.07) is 0. The van der Waals surface area contributed by atoms with E-state index in [-0.39, 0.29) is 0 Å². The summed E-state index contributed by atoms with van der Waals surface area (Å²) in [4.78, 5) is 13.5. The van der Waals surface area contributed by atoms with Gasteiger partial charge in [-0.2, -0.15) is 0 Å². The molecule has 0 aliphatic carbocycles. The molecule has 0 aromatic carbocycles. The molecule has 0 saturated heterocycles. The number of halogens is 1. The van der Waals surface area contributed by atoms with Gasteiger partial charge in [-0.25, -0.2) is 15.0 Å². The molecular weight excluding hydrogens is 359 g/mol. The number of aromatic nitrogens is 3. The van der Waals surface area contributed by atoms with Crippen molar-refractivity contribution < 1.29 is 0 Å². The number of anilines is 1. The zero-order chi connectivity index (χ0) is 13.1. The number of hydrogen-bond acceptors (Lipinski definition) is 5. The van der Waals surface area contributed by atoms with Gasteiger partial charge in [-0.1, -0.05) is 13.8 Å². The van der Waals surface area contributed by atoms with Crippen LogP contribution in [0.5, 0.6) is 0 Å². The molecule has 6 heteroatoms. The fourth-order valence-electron chi connectivity index (χ4n) is 1.56. The summed E-state index contributed by atoms with van der Waals surface area (Å²) in [5, 5.41) is 6.10. The Morgan fingerprint density at radius 1 is 1.39 bits per heavy atom. The lowest BCUT2D eigenvalue weighted by Gasteiger charge is -2.13. The average molecular weight is 374 g/mol. The minimum atomic E-state index is 0.371. The third kappa shape index (κ3) is 2.80. The normalized spacial score (nSPS) is 10.9. The first kappa shape index (κ1) is 13.7. The minimum Gasteiger partial charge on any atom is -0.369 e. The fraction of sp³-hybridized carbons (Fsp3) is 0.417. The van der Waals surface area contributed by atoms with E-state index in [0.717, 1.165) is 26.6 Å². The highest BCUT2D eigenvalue weighted by Gasteiger charge is 2.16. The summed E-state index contributed by atoms with van der Waals surface area (Å²) in [7, 11) is 0. The van der Waals surface area contributed by atoms with Crippen LogP contribution < -0.4 is 5.32 Å². The highest BCUT2D eigenvalue weighted by molar-refractivity contribution is 14.1. The zero-order valence-corrected chi connectivity index (χ0v) is 13.5. The van der Waals surface area contributed by atoms with Gasteiger partial charge in [0.1, 0.15) is 5.82 Å². The molecule has 0 saturated carbocycles. The van der Waals surface area contributed by atoms with Crippen LogP contribution in [-0.2, 0) is 0 Å². The number of nitrogens with zero attached hydrogens (tertiary/aromatic N) is 3. The summed E-state index contributed by atoms with van der Waals surface area (Å²) in [6.45, 7) is 7.20. The van der Waals surface area contributed by atoms with Gasteiger partial charge >= 0.3 is 0 Å². The lowest BCUT2D eigenvalue weighted by molar-refractivity contribution is 0.808. The number of thiazole rings is 1. The molecule has 0 fully saturated rings. The molecule has 18 heavy (non-hydrogen) atoms. The predicted molar refractivity (Wildman–Crippen MR) is 84.1 cm³/mol. The van der Waals surface area contributed by atoms with Gasteiger partial charge in [0.25, 0.3) is 0 Å². The Hall–Kier alpha value is -0.760. The van der Waals surface area contributed by atoms with E-state index < -0.39 is 0 Å². The van der Waals surface area contributed by atoms with Crippen LogP contribution in [0.1, 0.15) is 32.4 Å². The molecule has 0 amide bonds. The summed E-state index contributed by atoms with van der Waals surface area (Å²) in [5.74, 6) is 1.99. The van der Waals surface area contributed by atoms with Gasteiger partial charge in [0, 0.05) is 18.1 Å². The van der Waals surface area contributed by atoms with Crippen molar-refractivity contribution in [2.24, 2.45) is 0 Å². The summed E-state index contributed by atoms with van der Waals surface area (Å²) in [5.41, 5.74) is 1.08. The average Bonchev–Trinajstić information content (AvgIpc) is 2.85. The van der Waals surface area contributed by atoms with Crippen molar-refractivity contribution in [2.45, 2.75) is 26.7 Å². The topological polar surface area (TPSA) is 50.7 Å². The van der Waals surface area contributed by atoms with Gasteiger partial charge in [0.2, 0.25) is 0 Å². The molecule has 0 unspecified atom stereocenters. The second-order valence-electron chi connectivity index (χ2n) is 4.12. The van der Waals surface area contributed by atoms with Crippen LogP contribution in [0.15, 0.2) is 11.6 Å². The van der Waals surface area contributed by atoms with Gasteiger partial charge in [0.15, 0.2) is 10.8 Å². The summed E-state index contributed by atoms with van der Waals surface area (Å²) < 4.78 is 1.10. The molecule has 0 atom stereocenters. The van der Waals surface area contributed by atoms with Gasteiger partial charge in [-0.15, -0.1) is 11.3 Å². The predicted octanol–water partition coefficient (Wildman–Crippen LogP) is 3.76. The van der Waals surface area contributed by atoms with Crippen molar-refractivity contribution in [3.63, 3.8) is 0 Å². The Morgan fingerprint density at radius 2 is 2.17 bits per heavy atom. The quantitative estimate of drug-likeness (QED) is 0.828. The second kappa shape index (κ2) is 5.92. The van der Waals surface area contributed by atoms with E-state index in [0.29, 0.717) is 11.7 Å². The van der Waals surface area contributed by atoms with Crippen molar-refractivity contribution in [3.8, 4) is 10.8 Å². The van der Waals surface area contributed by atoms with Crippen molar-refractivity contribution in [2.75, 3.05) is 11.9 Å². The van der Waals surface area contributed by atoms with Gasteiger partial charge in [-0.05, 0) is 35.4 Å². The Labute approximate surface area is 124 Å².